The number of non-ortho nitro benzene ring substituents is 1. The Labute approximate surface area is 153 Å². The van der Waals surface area contributed by atoms with Gasteiger partial charge in [0.15, 0.2) is 0 Å². The maximum atomic E-state index is 11.3. The number of rotatable bonds is 2. The van der Waals surface area contributed by atoms with Gasteiger partial charge in [0, 0.05) is 34.9 Å². The Kier molecular flexibility index (Phi) is 3.55. The van der Waals surface area contributed by atoms with Gasteiger partial charge in [0.2, 0.25) is 0 Å². The van der Waals surface area contributed by atoms with E-state index in [4.69, 9.17) is 0 Å². The summed E-state index contributed by atoms with van der Waals surface area (Å²) in [5, 5.41) is 14.7. The number of nitro benzene ring substituents is 1. The molecule has 4 heteroatoms. The van der Waals surface area contributed by atoms with Gasteiger partial charge in [-0.2, -0.15) is 0 Å². The molecule has 1 atom stereocenters. The van der Waals surface area contributed by atoms with E-state index in [0.717, 1.165) is 17.7 Å². The van der Waals surface area contributed by atoms with Gasteiger partial charge in [-0.25, -0.2) is 0 Å². The second kappa shape index (κ2) is 5.56. The van der Waals surface area contributed by atoms with Gasteiger partial charge in [-0.05, 0) is 40.8 Å². The molecular weight excluding hydrogens is 324 g/mol. The number of fused-ring (bicyclic) bond motifs is 2. The van der Waals surface area contributed by atoms with Crippen LogP contribution in [0.5, 0.6) is 0 Å². The van der Waals surface area contributed by atoms with Crippen LogP contribution in [0.15, 0.2) is 72.1 Å². The van der Waals surface area contributed by atoms with Crippen molar-refractivity contribution in [2.24, 2.45) is 5.41 Å². The normalized spacial score (nSPS) is 25.3. The van der Waals surface area contributed by atoms with Crippen LogP contribution in [0.4, 0.5) is 5.69 Å². The average molecular weight is 346 g/mol. The molecule has 0 spiro atoms. The molecule has 1 heterocycles. The van der Waals surface area contributed by atoms with Crippen molar-refractivity contribution in [2.45, 2.75) is 32.6 Å². The molecule has 132 valence electrons. The lowest BCUT2D eigenvalue weighted by molar-refractivity contribution is -0.384. The van der Waals surface area contributed by atoms with E-state index in [1.165, 1.54) is 16.7 Å². The molecule has 0 saturated heterocycles. The van der Waals surface area contributed by atoms with Gasteiger partial charge in [0.1, 0.15) is 0 Å². The predicted molar refractivity (Wildman–Crippen MR) is 104 cm³/mol. The molecule has 4 rings (SSSR count). The zero-order chi connectivity index (χ0) is 18.5. The molecule has 0 amide bonds. The number of nitro groups is 1. The minimum absolute atomic E-state index is 0.136. The zero-order valence-electron chi connectivity index (χ0n) is 15.2. The van der Waals surface area contributed by atoms with Crippen molar-refractivity contribution in [2.75, 3.05) is 0 Å². The number of hydrogen-bond donors (Lipinski definition) is 1. The first-order valence-electron chi connectivity index (χ1n) is 8.86. The summed E-state index contributed by atoms with van der Waals surface area (Å²) in [6, 6.07) is 5.28. The lowest BCUT2D eigenvalue weighted by Crippen LogP contribution is -2.27. The fourth-order valence-electron chi connectivity index (χ4n) is 4.30. The SMILES string of the molecule is CC1(C2=CC=CC=CN2)C=CC2=C(C1)c1cc([N+](=O)[O-])ccc1C2(C)C. The molecule has 0 fully saturated rings. The van der Waals surface area contributed by atoms with E-state index in [0.29, 0.717) is 0 Å². The third kappa shape index (κ3) is 2.37. The molecule has 2 aliphatic carbocycles. The molecule has 0 aromatic heterocycles. The Morgan fingerprint density at radius 3 is 2.73 bits per heavy atom. The lowest BCUT2D eigenvalue weighted by atomic mass is 9.72. The van der Waals surface area contributed by atoms with E-state index in [-0.39, 0.29) is 21.4 Å². The van der Waals surface area contributed by atoms with Gasteiger partial charge in [0.05, 0.1) is 4.92 Å². The number of hydrogen-bond acceptors (Lipinski definition) is 3. The summed E-state index contributed by atoms with van der Waals surface area (Å²) in [4.78, 5) is 11.0. The van der Waals surface area contributed by atoms with Crippen molar-refractivity contribution in [3.63, 3.8) is 0 Å². The Morgan fingerprint density at radius 1 is 1.15 bits per heavy atom. The summed E-state index contributed by atoms with van der Waals surface area (Å²) >= 11 is 0. The molecule has 4 nitrogen and oxygen atoms in total. The number of benzene rings is 1. The van der Waals surface area contributed by atoms with E-state index in [9.17, 15) is 10.1 Å². The first-order chi connectivity index (χ1) is 12.3. The summed E-state index contributed by atoms with van der Waals surface area (Å²) in [7, 11) is 0. The number of allylic oxidation sites excluding steroid dienone is 8. The Bertz CT molecular complexity index is 960. The topological polar surface area (TPSA) is 55.2 Å². The summed E-state index contributed by atoms with van der Waals surface area (Å²) in [5.74, 6) is 0. The Morgan fingerprint density at radius 2 is 1.96 bits per heavy atom. The monoisotopic (exact) mass is 346 g/mol. The van der Waals surface area contributed by atoms with Gasteiger partial charge in [-0.1, -0.05) is 51.1 Å². The number of nitrogens with one attached hydrogen (secondary N) is 1. The van der Waals surface area contributed by atoms with E-state index < -0.39 is 0 Å². The summed E-state index contributed by atoms with van der Waals surface area (Å²) < 4.78 is 0. The van der Waals surface area contributed by atoms with Gasteiger partial charge < -0.3 is 5.32 Å². The standard InChI is InChI=1S/C22H22N2O2/c1-21(2)18-9-8-15(24(25)26)13-16(18)17-14-22(3,11-10-19(17)21)20-7-5-4-6-12-23-20/h4-13,23H,14H2,1-3H3. The van der Waals surface area contributed by atoms with Crippen molar-refractivity contribution in [1.29, 1.82) is 0 Å². The molecule has 0 bridgehead atoms. The highest BCUT2D eigenvalue weighted by Crippen LogP contribution is 2.54. The maximum absolute atomic E-state index is 11.3. The Balaban J connectivity index is 1.81. The van der Waals surface area contributed by atoms with E-state index in [2.05, 4.69) is 44.3 Å². The highest BCUT2D eigenvalue weighted by molar-refractivity contribution is 5.85. The lowest BCUT2D eigenvalue weighted by Gasteiger charge is -2.34. The molecule has 3 aliphatic rings. The first kappa shape index (κ1) is 16.6. The van der Waals surface area contributed by atoms with Crippen LogP contribution in [0.2, 0.25) is 0 Å². The molecule has 1 aliphatic heterocycles. The Hall–Kier alpha value is -2.88. The largest absolute Gasteiger partial charge is 0.364 e. The molecule has 1 N–H and O–H groups in total. The minimum atomic E-state index is -0.311. The van der Waals surface area contributed by atoms with Crippen LogP contribution < -0.4 is 5.32 Å². The second-order valence-electron chi connectivity index (χ2n) is 7.90. The van der Waals surface area contributed by atoms with Crippen LogP contribution in [-0.2, 0) is 5.41 Å². The molecule has 26 heavy (non-hydrogen) atoms. The van der Waals surface area contributed by atoms with Crippen molar-refractivity contribution >= 4 is 11.3 Å². The molecular formula is C22H22N2O2. The van der Waals surface area contributed by atoms with Gasteiger partial charge in [-0.15, -0.1) is 0 Å². The van der Waals surface area contributed by atoms with Gasteiger partial charge in [0.25, 0.3) is 5.69 Å². The highest BCUT2D eigenvalue weighted by atomic mass is 16.6. The number of nitrogens with zero attached hydrogens (tertiary/aromatic N) is 1. The van der Waals surface area contributed by atoms with Gasteiger partial charge in [-0.3, -0.25) is 10.1 Å². The fourth-order valence-corrected chi connectivity index (χ4v) is 4.30. The van der Waals surface area contributed by atoms with Crippen LogP contribution in [0.1, 0.15) is 38.3 Å². The second-order valence-corrected chi connectivity index (χ2v) is 7.90. The van der Waals surface area contributed by atoms with Crippen molar-refractivity contribution in [3.8, 4) is 0 Å². The van der Waals surface area contributed by atoms with E-state index in [1.54, 1.807) is 12.1 Å². The van der Waals surface area contributed by atoms with E-state index in [1.807, 2.05) is 30.5 Å². The maximum Gasteiger partial charge on any atom is 0.270 e. The minimum Gasteiger partial charge on any atom is -0.364 e. The summed E-state index contributed by atoms with van der Waals surface area (Å²) in [6.45, 7) is 6.60. The van der Waals surface area contributed by atoms with Crippen LogP contribution >= 0.6 is 0 Å². The van der Waals surface area contributed by atoms with Crippen LogP contribution in [-0.4, -0.2) is 4.92 Å². The fraction of sp³-hybridized carbons (Fsp3) is 0.273. The zero-order valence-corrected chi connectivity index (χ0v) is 15.2. The van der Waals surface area contributed by atoms with Crippen LogP contribution in [0.3, 0.4) is 0 Å². The molecule has 1 aromatic rings. The third-order valence-corrected chi connectivity index (χ3v) is 5.81. The van der Waals surface area contributed by atoms with Crippen LogP contribution in [0, 0.1) is 15.5 Å². The van der Waals surface area contributed by atoms with E-state index >= 15 is 0 Å². The molecule has 1 unspecified atom stereocenters. The quantitative estimate of drug-likeness (QED) is 0.594. The molecule has 1 aromatic carbocycles. The van der Waals surface area contributed by atoms with Crippen molar-refractivity contribution in [3.05, 3.63) is 93.4 Å². The highest BCUT2D eigenvalue weighted by Gasteiger charge is 2.42. The third-order valence-electron chi connectivity index (χ3n) is 5.81. The first-order valence-corrected chi connectivity index (χ1v) is 8.86. The average Bonchev–Trinajstić information content (AvgIpc) is 2.81. The smallest absolute Gasteiger partial charge is 0.270 e. The van der Waals surface area contributed by atoms with Crippen molar-refractivity contribution < 1.29 is 4.92 Å². The summed E-state index contributed by atoms with van der Waals surface area (Å²) in [5.41, 5.74) is 5.65. The van der Waals surface area contributed by atoms with Gasteiger partial charge >= 0.3 is 0 Å². The predicted octanol–water partition coefficient (Wildman–Crippen LogP) is 5.16. The van der Waals surface area contributed by atoms with Crippen LogP contribution in [0.25, 0.3) is 5.57 Å². The molecule has 0 radical (unpaired) electrons. The molecule has 0 saturated carbocycles. The summed E-state index contributed by atoms with van der Waals surface area (Å²) in [6.07, 6.45) is 15.3. The van der Waals surface area contributed by atoms with Crippen molar-refractivity contribution in [1.82, 2.24) is 5.32 Å².